The van der Waals surface area contributed by atoms with Crippen LogP contribution in [-0.4, -0.2) is 44.3 Å². The van der Waals surface area contributed by atoms with Gasteiger partial charge in [-0.15, -0.1) is 11.3 Å². The topological polar surface area (TPSA) is 92.8 Å². The van der Waals surface area contributed by atoms with E-state index in [1.54, 1.807) is 19.1 Å². The van der Waals surface area contributed by atoms with E-state index in [0.717, 1.165) is 30.6 Å². The summed E-state index contributed by atoms with van der Waals surface area (Å²) in [6.45, 7) is 2.34. The molecule has 1 N–H and O–H groups in total. The molecule has 1 amide bonds. The number of amides is 1. The lowest BCUT2D eigenvalue weighted by molar-refractivity contribution is -0.146. The number of hydrogen-bond donors (Lipinski definition) is 1. The van der Waals surface area contributed by atoms with E-state index in [2.05, 4.69) is 5.32 Å². The van der Waals surface area contributed by atoms with Gasteiger partial charge in [-0.05, 0) is 48.9 Å². The van der Waals surface area contributed by atoms with Crippen molar-refractivity contribution in [2.24, 2.45) is 0 Å². The van der Waals surface area contributed by atoms with E-state index in [4.69, 9.17) is 4.74 Å². The second-order valence-electron chi connectivity index (χ2n) is 7.26. The molecule has 1 aromatic carbocycles. The lowest BCUT2D eigenvalue weighted by Gasteiger charge is -2.21. The molecule has 1 aromatic heterocycles. The molecule has 1 fully saturated rings. The summed E-state index contributed by atoms with van der Waals surface area (Å²) in [5, 5.41) is 4.48. The zero-order valence-electron chi connectivity index (χ0n) is 16.9. The van der Waals surface area contributed by atoms with Gasteiger partial charge in [0, 0.05) is 23.7 Å². The Hall–Kier alpha value is -2.23. The first-order valence-electron chi connectivity index (χ1n) is 9.95. The van der Waals surface area contributed by atoms with Gasteiger partial charge in [-0.3, -0.25) is 9.59 Å². The molecule has 162 valence electrons. The third kappa shape index (κ3) is 5.90. The van der Waals surface area contributed by atoms with E-state index in [9.17, 15) is 18.0 Å². The number of nitrogens with one attached hydrogen (secondary N) is 1. The van der Waals surface area contributed by atoms with Crippen LogP contribution in [0.5, 0.6) is 0 Å². The number of rotatable bonds is 7. The van der Waals surface area contributed by atoms with Crippen LogP contribution < -0.4 is 5.32 Å². The van der Waals surface area contributed by atoms with Gasteiger partial charge in [0.25, 0.3) is 5.91 Å². The Labute approximate surface area is 181 Å². The highest BCUT2D eigenvalue weighted by atomic mass is 32.2. The number of thiophene rings is 1. The largest absolute Gasteiger partial charge is 0.455 e. The minimum atomic E-state index is -3.63. The lowest BCUT2D eigenvalue weighted by atomic mass is 10.2. The van der Waals surface area contributed by atoms with Crippen molar-refractivity contribution in [3.63, 3.8) is 0 Å². The quantitative estimate of drug-likeness (QED) is 0.653. The van der Waals surface area contributed by atoms with Gasteiger partial charge in [0.05, 0.1) is 11.3 Å². The van der Waals surface area contributed by atoms with Gasteiger partial charge in [-0.2, -0.15) is 4.31 Å². The molecule has 30 heavy (non-hydrogen) atoms. The summed E-state index contributed by atoms with van der Waals surface area (Å²) in [6, 6.07) is 8.45. The minimum absolute atomic E-state index is 0.119. The van der Waals surface area contributed by atoms with Gasteiger partial charge >= 0.3 is 5.97 Å². The van der Waals surface area contributed by atoms with Crippen molar-refractivity contribution in [1.29, 1.82) is 0 Å². The molecule has 2 aromatic rings. The van der Waals surface area contributed by atoms with E-state index in [-0.39, 0.29) is 11.3 Å². The molecule has 1 aliphatic heterocycles. The van der Waals surface area contributed by atoms with Gasteiger partial charge in [0.1, 0.15) is 0 Å². The molecule has 0 spiro atoms. The molecule has 9 heteroatoms. The van der Waals surface area contributed by atoms with E-state index in [1.165, 1.54) is 21.7 Å². The maximum Gasteiger partial charge on any atom is 0.311 e. The fourth-order valence-electron chi connectivity index (χ4n) is 3.33. The van der Waals surface area contributed by atoms with Gasteiger partial charge in [-0.1, -0.05) is 25.0 Å². The average molecular weight is 451 g/mol. The Morgan fingerprint density at radius 1 is 1.13 bits per heavy atom. The van der Waals surface area contributed by atoms with Crippen molar-refractivity contribution in [2.45, 2.75) is 43.9 Å². The predicted molar refractivity (Wildman–Crippen MR) is 116 cm³/mol. The fraction of sp³-hybridized carbons (Fsp3) is 0.429. The Kier molecular flexibility index (Phi) is 7.63. The Morgan fingerprint density at radius 2 is 1.87 bits per heavy atom. The van der Waals surface area contributed by atoms with Crippen LogP contribution in [-0.2, 0) is 30.8 Å². The maximum absolute atomic E-state index is 13.1. The number of hydrogen-bond acceptors (Lipinski definition) is 6. The van der Waals surface area contributed by atoms with Crippen molar-refractivity contribution in [1.82, 2.24) is 4.31 Å². The number of nitrogens with zero attached hydrogens (tertiary/aromatic N) is 1. The minimum Gasteiger partial charge on any atom is -0.455 e. The van der Waals surface area contributed by atoms with Crippen LogP contribution in [0.3, 0.4) is 0 Å². The second kappa shape index (κ2) is 10.2. The van der Waals surface area contributed by atoms with Crippen molar-refractivity contribution < 1.29 is 22.7 Å². The Bertz CT molecular complexity index is 979. The second-order valence-corrected chi connectivity index (χ2v) is 10.2. The number of carbonyl (C=O) groups is 2. The lowest BCUT2D eigenvalue weighted by Crippen LogP contribution is -2.32. The highest BCUT2D eigenvalue weighted by Gasteiger charge is 2.27. The van der Waals surface area contributed by atoms with Crippen LogP contribution >= 0.6 is 11.3 Å². The summed E-state index contributed by atoms with van der Waals surface area (Å²) in [7, 11) is -3.63. The molecule has 7 nitrogen and oxygen atoms in total. The molecule has 0 saturated carbocycles. The number of aryl methyl sites for hydroxylation is 1. The highest BCUT2D eigenvalue weighted by Crippen LogP contribution is 2.25. The van der Waals surface area contributed by atoms with Gasteiger partial charge in [0.2, 0.25) is 10.0 Å². The van der Waals surface area contributed by atoms with Crippen LogP contribution in [0.2, 0.25) is 0 Å². The first-order chi connectivity index (χ1) is 14.4. The monoisotopic (exact) mass is 450 g/mol. The zero-order valence-corrected chi connectivity index (χ0v) is 18.6. The van der Waals surface area contributed by atoms with E-state index in [0.29, 0.717) is 24.3 Å². The van der Waals surface area contributed by atoms with Crippen molar-refractivity contribution in [3.05, 3.63) is 46.2 Å². The van der Waals surface area contributed by atoms with Crippen molar-refractivity contribution in [2.75, 3.05) is 25.0 Å². The highest BCUT2D eigenvalue weighted by molar-refractivity contribution is 7.89. The zero-order chi connectivity index (χ0) is 21.6. The molecular weight excluding hydrogens is 424 g/mol. The first kappa shape index (κ1) is 22.5. The summed E-state index contributed by atoms with van der Waals surface area (Å²) in [5.74, 6) is -1.00. The number of sulfonamides is 1. The number of carbonyl (C=O) groups excluding carboxylic acids is 2. The predicted octanol–water partition coefficient (Wildman–Crippen LogP) is 3.35. The molecule has 2 heterocycles. The first-order valence-corrected chi connectivity index (χ1v) is 12.3. The summed E-state index contributed by atoms with van der Waals surface area (Å²) < 4.78 is 32.8. The smallest absolute Gasteiger partial charge is 0.311 e. The molecule has 1 saturated heterocycles. The average Bonchev–Trinajstić information content (AvgIpc) is 3.05. The standard InChI is InChI=1S/C21H26N2O5S2/c1-16-8-9-17(13-19(16)30(26,27)23-10-4-2-3-5-11-23)22-20(24)15-28-21(25)14-18-7-6-12-29-18/h6-9,12-13H,2-5,10-11,14-15H2,1H3,(H,22,24). The maximum atomic E-state index is 13.1. The molecule has 0 atom stereocenters. The van der Waals surface area contributed by atoms with Crippen LogP contribution in [0.25, 0.3) is 0 Å². The number of benzene rings is 1. The molecule has 0 unspecified atom stereocenters. The van der Waals surface area contributed by atoms with Gasteiger partial charge in [-0.25, -0.2) is 8.42 Å². The Balaban J connectivity index is 1.62. The fourth-order valence-corrected chi connectivity index (χ4v) is 5.78. The molecule has 0 bridgehead atoms. The number of esters is 1. The summed E-state index contributed by atoms with van der Waals surface area (Å²) in [6.07, 6.45) is 3.89. The van der Waals surface area contributed by atoms with Crippen LogP contribution in [0.1, 0.15) is 36.1 Å². The molecule has 0 aliphatic carbocycles. The molecule has 1 aliphatic rings. The normalized spacial score (nSPS) is 15.4. The number of ether oxygens (including phenoxy) is 1. The van der Waals surface area contributed by atoms with Gasteiger partial charge < -0.3 is 10.1 Å². The van der Waals surface area contributed by atoms with E-state index >= 15 is 0 Å². The summed E-state index contributed by atoms with van der Waals surface area (Å²) in [4.78, 5) is 25.0. The van der Waals surface area contributed by atoms with E-state index < -0.39 is 28.5 Å². The SMILES string of the molecule is Cc1ccc(NC(=O)COC(=O)Cc2cccs2)cc1S(=O)(=O)N1CCCCCC1. The van der Waals surface area contributed by atoms with Crippen LogP contribution in [0.15, 0.2) is 40.6 Å². The van der Waals surface area contributed by atoms with Crippen LogP contribution in [0, 0.1) is 6.92 Å². The third-order valence-electron chi connectivity index (χ3n) is 4.92. The molecule has 3 rings (SSSR count). The summed E-state index contributed by atoms with van der Waals surface area (Å²) in [5.41, 5.74) is 0.980. The third-order valence-corrected chi connectivity index (χ3v) is 7.83. The van der Waals surface area contributed by atoms with E-state index in [1.807, 2.05) is 17.5 Å². The molecule has 0 radical (unpaired) electrons. The summed E-state index contributed by atoms with van der Waals surface area (Å²) >= 11 is 1.44. The van der Waals surface area contributed by atoms with Crippen LogP contribution in [0.4, 0.5) is 5.69 Å². The Morgan fingerprint density at radius 3 is 2.53 bits per heavy atom. The number of anilines is 1. The van der Waals surface area contributed by atoms with Gasteiger partial charge in [0.15, 0.2) is 6.61 Å². The van der Waals surface area contributed by atoms with Crippen molar-refractivity contribution in [3.8, 4) is 0 Å². The van der Waals surface area contributed by atoms with Crippen molar-refractivity contribution >= 4 is 38.9 Å². The molecular formula is C21H26N2O5S2.